The van der Waals surface area contributed by atoms with Crippen molar-refractivity contribution in [1.82, 2.24) is 5.32 Å². The summed E-state index contributed by atoms with van der Waals surface area (Å²) in [5.74, 6) is -0.142. The van der Waals surface area contributed by atoms with Gasteiger partial charge in [-0.25, -0.2) is 0 Å². The number of hydrogen-bond acceptors (Lipinski definition) is 3. The first-order chi connectivity index (χ1) is 8.10. The Hall–Kier alpha value is -1.34. The van der Waals surface area contributed by atoms with E-state index in [-0.39, 0.29) is 5.91 Å². The van der Waals surface area contributed by atoms with Gasteiger partial charge in [0.05, 0.1) is 19.3 Å². The number of nitrogens with one attached hydrogen (secondary N) is 1. The third-order valence-electron chi connectivity index (χ3n) is 2.99. The number of carbonyl (C=O) groups excluding carboxylic acids is 1. The van der Waals surface area contributed by atoms with Gasteiger partial charge in [-0.3, -0.25) is 4.79 Å². The molecule has 94 valence electrons. The molecule has 0 saturated heterocycles. The van der Waals surface area contributed by atoms with E-state index < -0.39 is 5.41 Å². The van der Waals surface area contributed by atoms with Crippen LogP contribution in [0.5, 0.6) is 0 Å². The number of carbonyl (C=O) groups is 1. The van der Waals surface area contributed by atoms with Crippen molar-refractivity contribution < 1.29 is 9.53 Å². The van der Waals surface area contributed by atoms with E-state index in [9.17, 15) is 4.79 Å². The number of nitrogens with zero attached hydrogens (tertiary/aromatic N) is 1. The monoisotopic (exact) mass is 236 g/mol. The molecule has 4 heteroatoms. The second-order valence-corrected chi connectivity index (χ2v) is 4.67. The standard InChI is InChI=1S/C13H20N2O2/c1-11(2)9-17-8-7-15-12(16)13(10-14)5-3-4-6-13/h1,3-9H2,2H3,(H,15,16). The van der Waals surface area contributed by atoms with Gasteiger partial charge in [0.15, 0.2) is 0 Å². The molecule has 1 fully saturated rings. The maximum atomic E-state index is 11.9. The van der Waals surface area contributed by atoms with Crippen LogP contribution in [-0.2, 0) is 9.53 Å². The average molecular weight is 236 g/mol. The van der Waals surface area contributed by atoms with E-state index in [0.717, 1.165) is 18.4 Å². The molecule has 1 aliphatic rings. The molecule has 0 radical (unpaired) electrons. The van der Waals surface area contributed by atoms with Crippen molar-refractivity contribution in [3.63, 3.8) is 0 Å². The largest absolute Gasteiger partial charge is 0.375 e. The van der Waals surface area contributed by atoms with E-state index in [4.69, 9.17) is 10.00 Å². The van der Waals surface area contributed by atoms with Crippen molar-refractivity contribution in [2.45, 2.75) is 32.6 Å². The second-order valence-electron chi connectivity index (χ2n) is 4.67. The maximum Gasteiger partial charge on any atom is 0.240 e. The molecule has 1 N–H and O–H groups in total. The maximum absolute atomic E-state index is 11.9. The second kappa shape index (κ2) is 6.41. The third-order valence-corrected chi connectivity index (χ3v) is 2.99. The van der Waals surface area contributed by atoms with E-state index in [2.05, 4.69) is 18.0 Å². The van der Waals surface area contributed by atoms with Gasteiger partial charge >= 0.3 is 0 Å². The van der Waals surface area contributed by atoms with Crippen LogP contribution in [0, 0.1) is 16.7 Å². The average Bonchev–Trinajstić information content (AvgIpc) is 2.77. The van der Waals surface area contributed by atoms with Crippen LogP contribution in [0.2, 0.25) is 0 Å². The molecule has 1 saturated carbocycles. The normalized spacial score (nSPS) is 17.4. The van der Waals surface area contributed by atoms with Gasteiger partial charge in [-0.05, 0) is 19.8 Å². The molecule has 0 atom stereocenters. The van der Waals surface area contributed by atoms with E-state index in [1.807, 2.05) is 6.92 Å². The fraction of sp³-hybridized carbons (Fsp3) is 0.692. The zero-order chi connectivity index (χ0) is 12.7. The van der Waals surface area contributed by atoms with Gasteiger partial charge in [0.25, 0.3) is 0 Å². The molecule has 0 aromatic heterocycles. The molecule has 0 spiro atoms. The Morgan fingerprint density at radius 1 is 1.53 bits per heavy atom. The van der Waals surface area contributed by atoms with Gasteiger partial charge in [-0.1, -0.05) is 25.0 Å². The van der Waals surface area contributed by atoms with E-state index in [1.165, 1.54) is 0 Å². The van der Waals surface area contributed by atoms with Gasteiger partial charge in [0, 0.05) is 6.54 Å². The van der Waals surface area contributed by atoms with Crippen molar-refractivity contribution in [3.05, 3.63) is 12.2 Å². The zero-order valence-electron chi connectivity index (χ0n) is 10.4. The lowest BCUT2D eigenvalue weighted by atomic mass is 9.87. The zero-order valence-corrected chi connectivity index (χ0v) is 10.4. The Morgan fingerprint density at radius 2 is 2.18 bits per heavy atom. The number of nitriles is 1. The fourth-order valence-electron chi connectivity index (χ4n) is 2.02. The number of hydrogen-bond donors (Lipinski definition) is 1. The summed E-state index contributed by atoms with van der Waals surface area (Å²) in [5, 5.41) is 11.9. The van der Waals surface area contributed by atoms with Crippen LogP contribution in [0.15, 0.2) is 12.2 Å². The predicted octanol–water partition coefficient (Wildman–Crippen LogP) is 1.78. The van der Waals surface area contributed by atoms with E-state index >= 15 is 0 Å². The van der Waals surface area contributed by atoms with Crippen molar-refractivity contribution in [2.24, 2.45) is 5.41 Å². The van der Waals surface area contributed by atoms with Crippen LogP contribution in [0.4, 0.5) is 0 Å². The molecule has 0 aromatic carbocycles. The number of rotatable bonds is 6. The quantitative estimate of drug-likeness (QED) is 0.565. The topological polar surface area (TPSA) is 62.1 Å². The highest BCUT2D eigenvalue weighted by molar-refractivity contribution is 5.85. The summed E-state index contributed by atoms with van der Waals surface area (Å²) in [7, 11) is 0. The summed E-state index contributed by atoms with van der Waals surface area (Å²) in [4.78, 5) is 11.9. The molecule has 0 heterocycles. The molecular formula is C13H20N2O2. The van der Waals surface area contributed by atoms with Crippen molar-refractivity contribution in [3.8, 4) is 6.07 Å². The van der Waals surface area contributed by atoms with Crippen LogP contribution in [0.25, 0.3) is 0 Å². The lowest BCUT2D eigenvalue weighted by molar-refractivity contribution is -0.128. The summed E-state index contributed by atoms with van der Waals surface area (Å²) in [6.45, 7) is 7.04. The Balaban J connectivity index is 2.25. The summed E-state index contributed by atoms with van der Waals surface area (Å²) in [6, 6.07) is 2.17. The summed E-state index contributed by atoms with van der Waals surface area (Å²) in [6.07, 6.45) is 3.30. The van der Waals surface area contributed by atoms with Gasteiger partial charge in [0.2, 0.25) is 5.91 Å². The predicted molar refractivity (Wildman–Crippen MR) is 65.2 cm³/mol. The molecule has 1 amide bonds. The minimum absolute atomic E-state index is 0.142. The van der Waals surface area contributed by atoms with Gasteiger partial charge in [0.1, 0.15) is 5.41 Å². The highest BCUT2D eigenvalue weighted by Gasteiger charge is 2.41. The Morgan fingerprint density at radius 3 is 2.71 bits per heavy atom. The third kappa shape index (κ3) is 3.86. The number of ether oxygens (including phenoxy) is 1. The van der Waals surface area contributed by atoms with Gasteiger partial charge in [-0.15, -0.1) is 0 Å². The molecule has 1 rings (SSSR count). The van der Waals surface area contributed by atoms with Crippen LogP contribution < -0.4 is 5.32 Å². The van der Waals surface area contributed by atoms with E-state index in [1.54, 1.807) is 0 Å². The smallest absolute Gasteiger partial charge is 0.240 e. The van der Waals surface area contributed by atoms with Crippen LogP contribution in [0.1, 0.15) is 32.6 Å². The Kier molecular flexibility index (Phi) is 5.17. The highest BCUT2D eigenvalue weighted by atomic mass is 16.5. The molecule has 0 bridgehead atoms. The lowest BCUT2D eigenvalue weighted by Gasteiger charge is -2.19. The molecule has 17 heavy (non-hydrogen) atoms. The molecule has 0 aromatic rings. The molecule has 1 aliphatic carbocycles. The summed E-state index contributed by atoms with van der Waals surface area (Å²) in [5.41, 5.74) is 0.176. The van der Waals surface area contributed by atoms with Crippen LogP contribution in [0.3, 0.4) is 0 Å². The van der Waals surface area contributed by atoms with Crippen molar-refractivity contribution in [1.29, 1.82) is 5.26 Å². The van der Waals surface area contributed by atoms with Crippen molar-refractivity contribution in [2.75, 3.05) is 19.8 Å². The first-order valence-electron chi connectivity index (χ1n) is 6.02. The summed E-state index contributed by atoms with van der Waals surface area (Å²) >= 11 is 0. The molecule has 4 nitrogen and oxygen atoms in total. The summed E-state index contributed by atoms with van der Waals surface area (Å²) < 4.78 is 5.28. The molecular weight excluding hydrogens is 216 g/mol. The Labute approximate surface area is 103 Å². The molecule has 0 aliphatic heterocycles. The van der Waals surface area contributed by atoms with Crippen LogP contribution in [-0.4, -0.2) is 25.7 Å². The first kappa shape index (κ1) is 13.7. The highest BCUT2D eigenvalue weighted by Crippen LogP contribution is 2.37. The van der Waals surface area contributed by atoms with Crippen LogP contribution >= 0.6 is 0 Å². The SMILES string of the molecule is C=C(C)COCCNC(=O)C1(C#N)CCCC1. The number of amides is 1. The molecule has 0 unspecified atom stereocenters. The van der Waals surface area contributed by atoms with E-state index in [0.29, 0.717) is 32.6 Å². The van der Waals surface area contributed by atoms with Gasteiger partial charge < -0.3 is 10.1 Å². The van der Waals surface area contributed by atoms with Gasteiger partial charge in [-0.2, -0.15) is 5.26 Å². The minimum Gasteiger partial charge on any atom is -0.375 e. The minimum atomic E-state index is -0.783. The van der Waals surface area contributed by atoms with Crippen molar-refractivity contribution >= 4 is 5.91 Å². The first-order valence-corrected chi connectivity index (χ1v) is 6.02. The fourth-order valence-corrected chi connectivity index (χ4v) is 2.02. The Bertz CT molecular complexity index is 325. The lowest BCUT2D eigenvalue weighted by Crippen LogP contribution is -2.39.